The minimum Gasteiger partial charge on any atom is -0.356 e. The second-order valence-electron chi connectivity index (χ2n) is 6.18. The Hall–Kier alpha value is -0.420. The monoisotopic (exact) mass is 488 g/mol. The van der Waals surface area contributed by atoms with E-state index in [1.165, 1.54) is 4.88 Å². The van der Waals surface area contributed by atoms with Gasteiger partial charge >= 0.3 is 0 Å². The van der Waals surface area contributed by atoms with Crippen molar-refractivity contribution < 1.29 is 8.42 Å². The van der Waals surface area contributed by atoms with Crippen LogP contribution in [0.4, 0.5) is 0 Å². The number of thiazole rings is 1. The number of nitrogens with one attached hydrogen (secondary N) is 2. The number of guanidine groups is 1. The van der Waals surface area contributed by atoms with Gasteiger partial charge in [-0.2, -0.15) is 0 Å². The summed E-state index contributed by atoms with van der Waals surface area (Å²) in [6.07, 6.45) is 3.76. The van der Waals surface area contributed by atoms with Gasteiger partial charge in [0, 0.05) is 37.6 Å². The smallest absolute Gasteiger partial charge is 0.191 e. The fourth-order valence-electron chi connectivity index (χ4n) is 1.75. The standard InChI is InChI=1S/C15H28N4O2S2.HI/c1-6-12-11-19-13(22-12)7-8-17-14(16-5)18-9-10-23(20,21)15(2,3)4;/h11H,6-10H2,1-5H3,(H2,16,17,18);1H. The van der Waals surface area contributed by atoms with Crippen molar-refractivity contribution in [2.45, 2.75) is 45.3 Å². The maximum absolute atomic E-state index is 12.0. The maximum atomic E-state index is 12.0. The minimum atomic E-state index is -3.12. The van der Waals surface area contributed by atoms with Crippen molar-refractivity contribution in [3.05, 3.63) is 16.1 Å². The zero-order chi connectivity index (χ0) is 17.5. The van der Waals surface area contributed by atoms with Crippen LogP contribution in [0.1, 0.15) is 37.6 Å². The van der Waals surface area contributed by atoms with Crippen LogP contribution in [0.3, 0.4) is 0 Å². The van der Waals surface area contributed by atoms with Crippen molar-refractivity contribution in [3.8, 4) is 0 Å². The number of aliphatic imine (C=N–C) groups is 1. The Bertz CT molecular complexity index is 622. The molecule has 9 heteroatoms. The number of aryl methyl sites for hydroxylation is 1. The molecule has 140 valence electrons. The van der Waals surface area contributed by atoms with Crippen molar-refractivity contribution in [1.29, 1.82) is 0 Å². The van der Waals surface area contributed by atoms with Gasteiger partial charge in [-0.15, -0.1) is 35.3 Å². The lowest BCUT2D eigenvalue weighted by Crippen LogP contribution is -2.42. The van der Waals surface area contributed by atoms with E-state index >= 15 is 0 Å². The Morgan fingerprint density at radius 2 is 1.92 bits per heavy atom. The van der Waals surface area contributed by atoms with Crippen LogP contribution in [0.2, 0.25) is 0 Å². The highest BCUT2D eigenvalue weighted by molar-refractivity contribution is 14.0. The number of hydrogen-bond donors (Lipinski definition) is 2. The average molecular weight is 488 g/mol. The molecule has 0 aliphatic carbocycles. The number of sulfone groups is 1. The molecule has 0 aliphatic heterocycles. The minimum absolute atomic E-state index is 0. The Morgan fingerprint density at radius 1 is 1.29 bits per heavy atom. The Morgan fingerprint density at radius 3 is 2.42 bits per heavy atom. The summed E-state index contributed by atoms with van der Waals surface area (Å²) in [4.78, 5) is 9.76. The largest absolute Gasteiger partial charge is 0.356 e. The first kappa shape index (κ1) is 23.6. The Labute approximate surface area is 166 Å². The number of aromatic nitrogens is 1. The van der Waals surface area contributed by atoms with Gasteiger partial charge in [0.2, 0.25) is 0 Å². The SMILES string of the molecule is CCc1cnc(CCNC(=NC)NCCS(=O)(=O)C(C)(C)C)s1.I. The lowest BCUT2D eigenvalue weighted by molar-refractivity contribution is 0.559. The second-order valence-corrected chi connectivity index (χ2v) is 10.2. The number of nitrogens with zero attached hydrogens (tertiary/aromatic N) is 2. The van der Waals surface area contributed by atoms with E-state index in [1.807, 2.05) is 6.20 Å². The first-order chi connectivity index (χ1) is 10.7. The number of rotatable bonds is 7. The number of hydrogen-bond acceptors (Lipinski definition) is 5. The molecule has 0 fully saturated rings. The van der Waals surface area contributed by atoms with Gasteiger partial charge in [-0.25, -0.2) is 13.4 Å². The van der Waals surface area contributed by atoms with Gasteiger partial charge in [-0.1, -0.05) is 6.92 Å². The fourth-order valence-corrected chi connectivity index (χ4v) is 3.59. The zero-order valence-electron chi connectivity index (χ0n) is 15.0. The quantitative estimate of drug-likeness (QED) is 0.350. The molecule has 0 aliphatic rings. The summed E-state index contributed by atoms with van der Waals surface area (Å²) in [5.74, 6) is 0.699. The summed E-state index contributed by atoms with van der Waals surface area (Å²) < 4.78 is 23.4. The van der Waals surface area contributed by atoms with Gasteiger partial charge in [0.05, 0.1) is 15.5 Å². The molecule has 1 aromatic rings. The molecule has 0 amide bonds. The molecule has 0 bridgehead atoms. The van der Waals surface area contributed by atoms with Crippen LogP contribution in [0.15, 0.2) is 11.2 Å². The van der Waals surface area contributed by atoms with Crippen LogP contribution in [-0.2, 0) is 22.7 Å². The van der Waals surface area contributed by atoms with Crippen LogP contribution in [0.25, 0.3) is 0 Å². The predicted octanol–water partition coefficient (Wildman–Crippen LogP) is 2.24. The van der Waals surface area contributed by atoms with Gasteiger partial charge in [0.15, 0.2) is 15.8 Å². The van der Waals surface area contributed by atoms with E-state index in [1.54, 1.807) is 39.2 Å². The van der Waals surface area contributed by atoms with Gasteiger partial charge < -0.3 is 10.6 Å². The first-order valence-electron chi connectivity index (χ1n) is 7.80. The average Bonchev–Trinajstić information content (AvgIpc) is 2.92. The molecule has 24 heavy (non-hydrogen) atoms. The van der Waals surface area contributed by atoms with Gasteiger partial charge in [0.25, 0.3) is 0 Å². The molecule has 0 saturated heterocycles. The lowest BCUT2D eigenvalue weighted by Gasteiger charge is -2.19. The highest BCUT2D eigenvalue weighted by Gasteiger charge is 2.28. The summed E-state index contributed by atoms with van der Waals surface area (Å²) in [5.41, 5.74) is 0. The highest BCUT2D eigenvalue weighted by atomic mass is 127. The molecule has 0 saturated carbocycles. The summed E-state index contributed by atoms with van der Waals surface area (Å²) in [7, 11) is -1.45. The van der Waals surface area contributed by atoms with Crippen molar-refractivity contribution in [3.63, 3.8) is 0 Å². The molecular weight excluding hydrogens is 459 g/mol. The molecule has 0 aromatic carbocycles. The zero-order valence-corrected chi connectivity index (χ0v) is 19.0. The highest BCUT2D eigenvalue weighted by Crippen LogP contribution is 2.15. The summed E-state index contributed by atoms with van der Waals surface area (Å²) >= 11 is 1.73. The van der Waals surface area contributed by atoms with E-state index in [4.69, 9.17) is 0 Å². The van der Waals surface area contributed by atoms with Gasteiger partial charge in [-0.05, 0) is 27.2 Å². The van der Waals surface area contributed by atoms with E-state index in [-0.39, 0.29) is 29.7 Å². The molecule has 0 radical (unpaired) electrons. The van der Waals surface area contributed by atoms with Crippen LogP contribution in [0, 0.1) is 0 Å². The van der Waals surface area contributed by atoms with Gasteiger partial charge in [-0.3, -0.25) is 4.99 Å². The third-order valence-corrected chi connectivity index (χ3v) is 7.21. The fraction of sp³-hybridized carbons (Fsp3) is 0.733. The molecule has 0 spiro atoms. The Balaban J connectivity index is 0.00000529. The van der Waals surface area contributed by atoms with Crippen LogP contribution >= 0.6 is 35.3 Å². The van der Waals surface area contributed by atoms with Crippen molar-refractivity contribution in [1.82, 2.24) is 15.6 Å². The van der Waals surface area contributed by atoms with Crippen molar-refractivity contribution in [2.24, 2.45) is 4.99 Å². The predicted molar refractivity (Wildman–Crippen MR) is 114 cm³/mol. The molecule has 0 unspecified atom stereocenters. The van der Waals surface area contributed by atoms with E-state index in [9.17, 15) is 8.42 Å². The van der Waals surface area contributed by atoms with Crippen LogP contribution in [0.5, 0.6) is 0 Å². The molecule has 1 rings (SSSR count). The van der Waals surface area contributed by atoms with Crippen LogP contribution < -0.4 is 10.6 Å². The molecule has 0 atom stereocenters. The second kappa shape index (κ2) is 10.5. The van der Waals surface area contributed by atoms with Crippen LogP contribution in [-0.4, -0.2) is 50.0 Å². The Kier molecular flexibility index (Phi) is 10.4. The van der Waals surface area contributed by atoms with Crippen molar-refractivity contribution in [2.75, 3.05) is 25.9 Å². The summed E-state index contributed by atoms with van der Waals surface area (Å²) in [5, 5.41) is 7.32. The maximum Gasteiger partial charge on any atom is 0.191 e. The summed E-state index contributed by atoms with van der Waals surface area (Å²) in [6.45, 7) is 8.32. The number of halogens is 1. The molecule has 1 aromatic heterocycles. The van der Waals surface area contributed by atoms with Gasteiger partial charge in [0.1, 0.15) is 0 Å². The third kappa shape index (κ3) is 7.64. The van der Waals surface area contributed by atoms with Crippen molar-refractivity contribution >= 4 is 51.1 Å². The molecular formula is C15H29IN4O2S2. The lowest BCUT2D eigenvalue weighted by atomic mass is 10.3. The van der Waals surface area contributed by atoms with E-state index in [0.717, 1.165) is 17.8 Å². The first-order valence-corrected chi connectivity index (χ1v) is 10.3. The molecule has 1 heterocycles. The van der Waals surface area contributed by atoms with E-state index < -0.39 is 14.6 Å². The molecule has 2 N–H and O–H groups in total. The normalized spacial score (nSPS) is 12.6. The van der Waals surface area contributed by atoms with E-state index in [2.05, 4.69) is 27.5 Å². The molecule has 6 nitrogen and oxygen atoms in total. The summed E-state index contributed by atoms with van der Waals surface area (Å²) in [6, 6.07) is 0. The third-order valence-electron chi connectivity index (χ3n) is 3.40. The topological polar surface area (TPSA) is 83.4 Å². The van der Waals surface area contributed by atoms with E-state index in [0.29, 0.717) is 19.0 Å².